The molecule has 0 bridgehead atoms. The average molecular weight is 526 g/mol. The number of nitrogens with zero attached hydrogens (tertiary/aromatic N) is 3. The van der Waals surface area contributed by atoms with Crippen molar-refractivity contribution in [2.24, 2.45) is 0 Å². The van der Waals surface area contributed by atoms with E-state index in [9.17, 15) is 4.39 Å². The van der Waals surface area contributed by atoms with E-state index < -0.39 is 5.95 Å². The first-order valence-electron chi connectivity index (χ1n) is 7.57. The third kappa shape index (κ3) is 5.22. The molecule has 1 aromatic heterocycles. The number of benzene rings is 1. The fourth-order valence-electron chi connectivity index (χ4n) is 2.73. The van der Waals surface area contributed by atoms with Gasteiger partial charge in [0.1, 0.15) is 5.82 Å². The van der Waals surface area contributed by atoms with Crippen molar-refractivity contribution in [2.45, 2.75) is 13.1 Å². The molecular formula is C17H20AcFN4-. The molecule has 3 rings (SSSR count). The molecule has 4 nitrogen and oxygen atoms in total. The van der Waals surface area contributed by atoms with Crippen molar-refractivity contribution in [1.82, 2.24) is 9.88 Å². The van der Waals surface area contributed by atoms with Crippen LogP contribution in [0.4, 0.5) is 10.2 Å². The monoisotopic (exact) mass is 526 g/mol. The quantitative estimate of drug-likeness (QED) is 0.576. The molecule has 1 aliphatic heterocycles. The van der Waals surface area contributed by atoms with Gasteiger partial charge < -0.3 is 10.6 Å². The Kier molecular flexibility index (Phi) is 7.42. The van der Waals surface area contributed by atoms with Gasteiger partial charge in [-0.3, -0.25) is 4.90 Å². The van der Waals surface area contributed by atoms with E-state index in [2.05, 4.69) is 26.9 Å². The van der Waals surface area contributed by atoms with E-state index in [1.807, 2.05) is 18.2 Å². The van der Waals surface area contributed by atoms with Gasteiger partial charge in [-0.05, 0) is 17.7 Å². The van der Waals surface area contributed by atoms with Crippen molar-refractivity contribution in [2.75, 3.05) is 31.1 Å². The molecule has 0 spiro atoms. The minimum Gasteiger partial charge on any atom is -0.674 e. The summed E-state index contributed by atoms with van der Waals surface area (Å²) in [5, 5.41) is 0. The maximum atomic E-state index is 13.2. The molecule has 1 aromatic carbocycles. The Bertz CT molecular complexity index is 612. The van der Waals surface area contributed by atoms with Gasteiger partial charge in [-0.25, -0.2) is 4.98 Å². The van der Waals surface area contributed by atoms with Gasteiger partial charge in [0.2, 0.25) is 5.95 Å². The fraction of sp³-hybridized carbons (Fsp3) is 0.353. The standard InChI is InChI=1S/C17H20FN4.Ac/c18-16-2-1-3-17(20-16)22-10-8-21(9-11-22)13-15-6-4-14(12-19)5-7-15;/h1-7,19H,8-13H2;/q-1;. The fourth-order valence-corrected chi connectivity index (χ4v) is 2.73. The molecule has 1 N–H and O–H groups in total. The number of pyridine rings is 1. The maximum Gasteiger partial charge on any atom is 0.214 e. The number of piperazine rings is 1. The van der Waals surface area contributed by atoms with E-state index in [4.69, 9.17) is 5.73 Å². The predicted molar refractivity (Wildman–Crippen MR) is 86.2 cm³/mol. The molecule has 2 aromatic rings. The van der Waals surface area contributed by atoms with Crippen LogP contribution in [0.5, 0.6) is 0 Å². The zero-order valence-corrected chi connectivity index (χ0v) is 17.8. The van der Waals surface area contributed by atoms with Crippen LogP contribution in [0.1, 0.15) is 11.1 Å². The van der Waals surface area contributed by atoms with E-state index in [1.54, 1.807) is 6.07 Å². The Morgan fingerprint density at radius 2 is 1.61 bits per heavy atom. The number of nitrogens with one attached hydrogen (secondary N) is 1. The van der Waals surface area contributed by atoms with E-state index in [0.717, 1.165) is 44.1 Å². The van der Waals surface area contributed by atoms with Gasteiger partial charge in [-0.1, -0.05) is 35.9 Å². The normalized spacial score (nSPS) is 15.3. The van der Waals surface area contributed by atoms with Crippen LogP contribution in [0.25, 0.3) is 5.73 Å². The summed E-state index contributed by atoms with van der Waals surface area (Å²) in [6.45, 7) is 4.86. The number of rotatable bonds is 4. The van der Waals surface area contributed by atoms with Crippen LogP contribution < -0.4 is 4.90 Å². The van der Waals surface area contributed by atoms with Crippen molar-refractivity contribution >= 4 is 5.82 Å². The Balaban J connectivity index is 0.00000192. The molecule has 6 heteroatoms. The number of hydrogen-bond acceptors (Lipinski definition) is 3. The summed E-state index contributed by atoms with van der Waals surface area (Å²) in [6, 6.07) is 13.2. The number of aromatic nitrogens is 1. The summed E-state index contributed by atoms with van der Waals surface area (Å²) < 4.78 is 13.2. The minimum atomic E-state index is -0.422. The SMILES string of the molecule is [Ac].[NH-]Cc1ccc(CN2CCN(c3cccc(F)n3)CC2)cc1. The van der Waals surface area contributed by atoms with Gasteiger partial charge in [-0.15, -0.1) is 6.54 Å². The first-order valence-corrected chi connectivity index (χ1v) is 7.57. The molecule has 1 saturated heterocycles. The Labute approximate surface area is 172 Å². The predicted octanol–water partition coefficient (Wildman–Crippen LogP) is 3.10. The van der Waals surface area contributed by atoms with Crippen molar-refractivity contribution < 1.29 is 48.5 Å². The molecule has 1 aliphatic rings. The van der Waals surface area contributed by atoms with Crippen LogP contribution in [-0.4, -0.2) is 36.1 Å². The second-order valence-electron chi connectivity index (χ2n) is 5.57. The van der Waals surface area contributed by atoms with E-state index in [0.29, 0.717) is 6.54 Å². The van der Waals surface area contributed by atoms with Gasteiger partial charge in [-0.2, -0.15) is 4.39 Å². The minimum absolute atomic E-state index is 0. The Morgan fingerprint density at radius 3 is 2.22 bits per heavy atom. The molecule has 1 fully saturated rings. The van der Waals surface area contributed by atoms with Crippen molar-refractivity contribution in [3.05, 3.63) is 65.3 Å². The average Bonchev–Trinajstić information content (AvgIpc) is 2.56. The molecule has 23 heavy (non-hydrogen) atoms. The number of hydrogen-bond donors (Lipinski definition) is 0. The van der Waals surface area contributed by atoms with Gasteiger partial charge in [0, 0.05) is 76.8 Å². The zero-order chi connectivity index (χ0) is 15.4. The van der Waals surface area contributed by atoms with E-state index >= 15 is 0 Å². The van der Waals surface area contributed by atoms with Crippen LogP contribution >= 0.6 is 0 Å². The summed E-state index contributed by atoms with van der Waals surface area (Å²) in [7, 11) is 0. The summed E-state index contributed by atoms with van der Waals surface area (Å²) >= 11 is 0. The maximum absolute atomic E-state index is 13.2. The van der Waals surface area contributed by atoms with Gasteiger partial charge in [0.25, 0.3) is 0 Å². The van der Waals surface area contributed by atoms with E-state index in [1.165, 1.54) is 11.6 Å². The molecule has 0 aliphatic carbocycles. The summed E-state index contributed by atoms with van der Waals surface area (Å²) in [5.41, 5.74) is 9.66. The van der Waals surface area contributed by atoms with Crippen LogP contribution in [0.15, 0.2) is 42.5 Å². The molecule has 0 unspecified atom stereocenters. The topological polar surface area (TPSA) is 43.2 Å². The van der Waals surface area contributed by atoms with Crippen LogP contribution in [0, 0.1) is 50.0 Å². The molecular weight excluding hydrogens is 506 g/mol. The largest absolute Gasteiger partial charge is 0.674 e. The van der Waals surface area contributed by atoms with Crippen LogP contribution in [-0.2, 0) is 13.1 Å². The third-order valence-corrected chi connectivity index (χ3v) is 4.03. The van der Waals surface area contributed by atoms with Crippen molar-refractivity contribution in [3.63, 3.8) is 0 Å². The van der Waals surface area contributed by atoms with Crippen molar-refractivity contribution in [1.29, 1.82) is 0 Å². The number of anilines is 1. The molecule has 2 heterocycles. The third-order valence-electron chi connectivity index (χ3n) is 4.03. The second kappa shape index (κ2) is 9.08. The summed E-state index contributed by atoms with van der Waals surface area (Å²) in [5.74, 6) is 0.300. The van der Waals surface area contributed by atoms with Gasteiger partial charge >= 0.3 is 0 Å². The summed E-state index contributed by atoms with van der Waals surface area (Å²) in [6.07, 6.45) is 0. The Morgan fingerprint density at radius 1 is 0.957 bits per heavy atom. The molecule has 0 amide bonds. The molecule has 0 saturated carbocycles. The molecule has 1 radical (unpaired) electrons. The molecule has 0 atom stereocenters. The Hall–Kier alpha value is -0.538. The smallest absolute Gasteiger partial charge is 0.214 e. The first-order chi connectivity index (χ1) is 10.7. The number of halogens is 1. The van der Waals surface area contributed by atoms with E-state index in [-0.39, 0.29) is 44.1 Å². The summed E-state index contributed by atoms with van der Waals surface area (Å²) in [4.78, 5) is 8.47. The zero-order valence-electron chi connectivity index (χ0n) is 13.1. The first kappa shape index (κ1) is 18.8. The van der Waals surface area contributed by atoms with Gasteiger partial charge in [0.05, 0.1) is 0 Å². The van der Waals surface area contributed by atoms with Crippen LogP contribution in [0.3, 0.4) is 0 Å². The van der Waals surface area contributed by atoms with Crippen LogP contribution in [0.2, 0.25) is 0 Å². The van der Waals surface area contributed by atoms with Gasteiger partial charge in [0.15, 0.2) is 0 Å². The van der Waals surface area contributed by atoms with Crippen molar-refractivity contribution in [3.8, 4) is 0 Å². The second-order valence-corrected chi connectivity index (χ2v) is 5.57. The molecule has 119 valence electrons.